The third kappa shape index (κ3) is 8.50. The average molecular weight is 285 g/mol. The Bertz CT molecular complexity index is 332. The summed E-state index contributed by atoms with van der Waals surface area (Å²) in [5, 5.41) is 2.14. The summed E-state index contributed by atoms with van der Waals surface area (Å²) in [7, 11) is 0. The Morgan fingerprint density at radius 1 is 0.778 bits per heavy atom. The molecule has 2 aromatic rings. The van der Waals surface area contributed by atoms with E-state index in [1.165, 1.54) is 0 Å². The van der Waals surface area contributed by atoms with Crippen LogP contribution in [0.25, 0.3) is 0 Å². The molecule has 4 heteroatoms. The zero-order valence-electron chi connectivity index (χ0n) is 9.86. The molecule has 1 aliphatic heterocycles. The van der Waals surface area contributed by atoms with Crippen molar-refractivity contribution in [1.82, 2.24) is 5.32 Å². The molecule has 1 aliphatic rings. The first-order valence-corrected chi connectivity index (χ1v) is 5.45. The standard InChI is InChI=1S/2C5H5.C4H5NO2.Fe/c2*1-2-4-5-3-1;6-3-1-2-4(7)5-3;/h2*1-5H;1-2H2,(H,5,6,7);/q2*-1;;+2. The fourth-order valence-electron chi connectivity index (χ4n) is 1.15. The molecule has 0 spiro atoms. The third-order valence-electron chi connectivity index (χ3n) is 1.97. The van der Waals surface area contributed by atoms with Gasteiger partial charge >= 0.3 is 17.1 Å². The average Bonchev–Trinajstić information content (AvgIpc) is 3.03. The summed E-state index contributed by atoms with van der Waals surface area (Å²) in [6, 6.07) is 20.0. The van der Waals surface area contributed by atoms with Crippen LogP contribution in [0.2, 0.25) is 0 Å². The topological polar surface area (TPSA) is 46.2 Å². The molecule has 1 fully saturated rings. The van der Waals surface area contributed by atoms with Gasteiger partial charge in [0.25, 0.3) is 0 Å². The van der Waals surface area contributed by atoms with Crippen LogP contribution >= 0.6 is 0 Å². The van der Waals surface area contributed by atoms with E-state index in [2.05, 4.69) is 5.32 Å². The molecule has 3 rings (SSSR count). The minimum absolute atomic E-state index is 0. The summed E-state index contributed by atoms with van der Waals surface area (Å²) in [4.78, 5) is 20.2. The fourth-order valence-corrected chi connectivity index (χ4v) is 1.15. The first kappa shape index (κ1) is 16.4. The van der Waals surface area contributed by atoms with Crippen molar-refractivity contribution >= 4 is 11.8 Å². The molecule has 0 radical (unpaired) electrons. The van der Waals surface area contributed by atoms with Gasteiger partial charge in [-0.15, -0.1) is 0 Å². The van der Waals surface area contributed by atoms with Crippen molar-refractivity contribution in [2.24, 2.45) is 0 Å². The van der Waals surface area contributed by atoms with Crippen LogP contribution in [0.15, 0.2) is 60.7 Å². The zero-order valence-corrected chi connectivity index (χ0v) is 11.0. The molecule has 1 heterocycles. The van der Waals surface area contributed by atoms with E-state index in [0.29, 0.717) is 12.8 Å². The Hall–Kier alpha value is -1.64. The number of imide groups is 1. The van der Waals surface area contributed by atoms with Crippen LogP contribution < -0.4 is 5.32 Å². The predicted octanol–water partition coefficient (Wildman–Crippen LogP) is 2.23. The van der Waals surface area contributed by atoms with Gasteiger partial charge in [-0.1, -0.05) is 0 Å². The van der Waals surface area contributed by atoms with E-state index < -0.39 is 0 Å². The smallest absolute Gasteiger partial charge is 0.296 e. The molecule has 3 nitrogen and oxygen atoms in total. The number of nitrogens with one attached hydrogen (secondary N) is 1. The van der Waals surface area contributed by atoms with Crippen LogP contribution in [0.4, 0.5) is 0 Å². The Kier molecular flexibility index (Phi) is 9.55. The van der Waals surface area contributed by atoms with Gasteiger partial charge in [-0.2, -0.15) is 36.4 Å². The monoisotopic (exact) mass is 285 g/mol. The Morgan fingerprint density at radius 3 is 1.22 bits per heavy atom. The van der Waals surface area contributed by atoms with Crippen molar-refractivity contribution in [2.45, 2.75) is 12.8 Å². The van der Waals surface area contributed by atoms with E-state index in [1.54, 1.807) is 0 Å². The normalized spacial score (nSPS) is 12.2. The molecular formula is C14H15FeNO2. The predicted molar refractivity (Wildman–Crippen MR) is 66.5 cm³/mol. The number of rotatable bonds is 0. The summed E-state index contributed by atoms with van der Waals surface area (Å²) < 4.78 is 0. The van der Waals surface area contributed by atoms with Gasteiger partial charge in [-0.25, -0.2) is 24.3 Å². The van der Waals surface area contributed by atoms with Crippen LogP contribution in [0.3, 0.4) is 0 Å². The molecule has 0 bridgehead atoms. The van der Waals surface area contributed by atoms with Crippen molar-refractivity contribution in [3.05, 3.63) is 60.7 Å². The van der Waals surface area contributed by atoms with Crippen LogP contribution in [0.1, 0.15) is 12.8 Å². The van der Waals surface area contributed by atoms with E-state index in [1.807, 2.05) is 60.7 Å². The fraction of sp³-hybridized carbons (Fsp3) is 0.143. The minimum Gasteiger partial charge on any atom is -0.296 e. The van der Waals surface area contributed by atoms with Crippen molar-refractivity contribution in [3.63, 3.8) is 0 Å². The molecule has 18 heavy (non-hydrogen) atoms. The molecule has 2 amide bonds. The first-order valence-electron chi connectivity index (χ1n) is 5.45. The molecule has 2 aromatic carbocycles. The van der Waals surface area contributed by atoms with Crippen LogP contribution in [0, 0.1) is 0 Å². The second kappa shape index (κ2) is 10.5. The van der Waals surface area contributed by atoms with E-state index in [-0.39, 0.29) is 28.9 Å². The molecule has 0 atom stereocenters. The van der Waals surface area contributed by atoms with E-state index in [9.17, 15) is 9.59 Å². The van der Waals surface area contributed by atoms with Crippen molar-refractivity contribution in [3.8, 4) is 0 Å². The Balaban J connectivity index is 0.000000239. The van der Waals surface area contributed by atoms with Crippen molar-refractivity contribution in [1.29, 1.82) is 0 Å². The molecule has 0 aromatic heterocycles. The number of carbonyl (C=O) groups excluding carboxylic acids is 2. The van der Waals surface area contributed by atoms with Crippen LogP contribution in [0.5, 0.6) is 0 Å². The second-order valence-electron chi connectivity index (χ2n) is 3.40. The largest absolute Gasteiger partial charge is 2.00 e. The quantitative estimate of drug-likeness (QED) is 0.458. The maximum absolute atomic E-state index is 10.1. The van der Waals surface area contributed by atoms with E-state index in [4.69, 9.17) is 0 Å². The molecular weight excluding hydrogens is 270 g/mol. The molecule has 0 aliphatic carbocycles. The van der Waals surface area contributed by atoms with E-state index >= 15 is 0 Å². The van der Waals surface area contributed by atoms with Crippen molar-refractivity contribution in [2.75, 3.05) is 0 Å². The van der Waals surface area contributed by atoms with Crippen LogP contribution in [-0.4, -0.2) is 11.8 Å². The summed E-state index contributed by atoms with van der Waals surface area (Å²) in [5.41, 5.74) is 0. The van der Waals surface area contributed by atoms with Gasteiger partial charge in [0.2, 0.25) is 11.8 Å². The maximum Gasteiger partial charge on any atom is 2.00 e. The summed E-state index contributed by atoms with van der Waals surface area (Å²) in [6.07, 6.45) is 0.748. The summed E-state index contributed by atoms with van der Waals surface area (Å²) >= 11 is 0. The second-order valence-corrected chi connectivity index (χ2v) is 3.40. The summed E-state index contributed by atoms with van der Waals surface area (Å²) in [6.45, 7) is 0. The van der Waals surface area contributed by atoms with Crippen LogP contribution in [-0.2, 0) is 26.7 Å². The molecule has 1 saturated heterocycles. The van der Waals surface area contributed by atoms with E-state index in [0.717, 1.165) is 0 Å². The molecule has 0 saturated carbocycles. The van der Waals surface area contributed by atoms with Gasteiger partial charge in [-0.05, 0) is 0 Å². The van der Waals surface area contributed by atoms with Gasteiger partial charge in [0, 0.05) is 12.8 Å². The maximum atomic E-state index is 10.1. The number of hydrogen-bond acceptors (Lipinski definition) is 2. The zero-order chi connectivity index (χ0) is 12.3. The molecule has 96 valence electrons. The van der Waals surface area contributed by atoms with Gasteiger partial charge in [-0.3, -0.25) is 14.9 Å². The first-order chi connectivity index (χ1) is 8.29. The Labute approximate surface area is 117 Å². The van der Waals surface area contributed by atoms with Gasteiger partial charge in [0.15, 0.2) is 0 Å². The number of carbonyl (C=O) groups is 2. The summed E-state index contributed by atoms with van der Waals surface area (Å²) in [5.74, 6) is -0.296. The third-order valence-corrected chi connectivity index (χ3v) is 1.97. The molecule has 0 unspecified atom stereocenters. The number of amides is 2. The van der Waals surface area contributed by atoms with Gasteiger partial charge in [0.1, 0.15) is 0 Å². The van der Waals surface area contributed by atoms with Crippen molar-refractivity contribution < 1.29 is 26.7 Å². The Morgan fingerprint density at radius 2 is 1.11 bits per heavy atom. The molecule has 1 N–H and O–H groups in total. The minimum atomic E-state index is -0.148. The van der Waals surface area contributed by atoms with Gasteiger partial charge in [0.05, 0.1) is 0 Å². The SMILES string of the molecule is O=C1CCC(=O)N1.[Fe+2].c1cc[cH-]c1.c1cc[cH-]c1. The number of hydrogen-bond donors (Lipinski definition) is 1. The van der Waals surface area contributed by atoms with Gasteiger partial charge < -0.3 is 0 Å².